The van der Waals surface area contributed by atoms with Crippen molar-refractivity contribution in [3.8, 4) is 0 Å². The van der Waals surface area contributed by atoms with Crippen molar-refractivity contribution in [3.63, 3.8) is 0 Å². The highest BCUT2D eigenvalue weighted by atomic mass is 35.5. The highest BCUT2D eigenvalue weighted by Gasteiger charge is 2.31. The number of nitrogens with two attached hydrogens (primary N) is 1. The molecule has 2 fully saturated rings. The van der Waals surface area contributed by atoms with Crippen LogP contribution in [0.25, 0.3) is 0 Å². The minimum atomic E-state index is -1.86. The smallest absolute Gasteiger partial charge is 0.251 e. The maximum atomic E-state index is 14.5. The summed E-state index contributed by atoms with van der Waals surface area (Å²) in [6.45, 7) is 7.73. The van der Waals surface area contributed by atoms with Crippen molar-refractivity contribution >= 4 is 40.2 Å². The molecular weight excluding hydrogens is 512 g/mol. The molecule has 1 aliphatic heterocycles. The molecular formula is C25H31Cl2FN3O3S-. The van der Waals surface area contributed by atoms with Crippen LogP contribution in [0.15, 0.2) is 30.3 Å². The zero-order chi connectivity index (χ0) is 25.9. The second-order valence-corrected chi connectivity index (χ2v) is 10.9. The number of hydrogen-bond donors (Lipinski definition) is 1. The standard InChI is InChI=1S/C24H28Cl2FN3O.CH4O2S/c1-14-12-29(5-6-30(14)15(2)17-7-19(25)10-20(26)8-17)13-18-9-23(27)22(24(28)31)11-21(18)16-3-4-16;1-4(2)3/h7-11,14-16H,3-6,12-13H2,1-2H3,(H2,28,31);1H3,(H,2,3)/p-1/t14-,15-;/m1./s1. The summed E-state index contributed by atoms with van der Waals surface area (Å²) in [7, 11) is 0. The molecule has 10 heteroatoms. The van der Waals surface area contributed by atoms with Gasteiger partial charge in [0.15, 0.2) is 0 Å². The first-order valence-corrected chi connectivity index (χ1v) is 13.8. The molecule has 0 spiro atoms. The molecule has 1 amide bonds. The lowest BCUT2D eigenvalue weighted by Crippen LogP contribution is -2.52. The lowest BCUT2D eigenvalue weighted by molar-refractivity contribution is 0.0503. The van der Waals surface area contributed by atoms with Gasteiger partial charge in [0.1, 0.15) is 5.82 Å². The molecule has 2 aliphatic rings. The van der Waals surface area contributed by atoms with Crippen molar-refractivity contribution < 1.29 is 17.9 Å². The Morgan fingerprint density at radius 1 is 1.20 bits per heavy atom. The fourth-order valence-electron chi connectivity index (χ4n) is 4.75. The van der Waals surface area contributed by atoms with Crippen LogP contribution in [0.5, 0.6) is 0 Å². The fourth-order valence-corrected chi connectivity index (χ4v) is 5.29. The Morgan fingerprint density at radius 3 is 2.31 bits per heavy atom. The van der Waals surface area contributed by atoms with Gasteiger partial charge in [-0.1, -0.05) is 34.3 Å². The molecule has 0 radical (unpaired) electrons. The van der Waals surface area contributed by atoms with E-state index in [1.54, 1.807) is 12.1 Å². The van der Waals surface area contributed by atoms with Gasteiger partial charge in [0, 0.05) is 48.3 Å². The molecule has 2 aromatic carbocycles. The van der Waals surface area contributed by atoms with E-state index in [1.165, 1.54) is 6.07 Å². The summed E-state index contributed by atoms with van der Waals surface area (Å²) in [6.07, 6.45) is 3.25. The van der Waals surface area contributed by atoms with E-state index in [2.05, 4.69) is 23.6 Å². The first kappa shape index (κ1) is 28.0. The summed E-state index contributed by atoms with van der Waals surface area (Å²) in [4.78, 5) is 16.4. The van der Waals surface area contributed by atoms with Gasteiger partial charge in [0.05, 0.1) is 5.56 Å². The number of carbonyl (C=O) groups is 1. The molecule has 6 nitrogen and oxygen atoms in total. The molecule has 1 aliphatic carbocycles. The largest absolute Gasteiger partial charge is 0.773 e. The van der Waals surface area contributed by atoms with E-state index in [0.29, 0.717) is 28.5 Å². The maximum absolute atomic E-state index is 14.5. The van der Waals surface area contributed by atoms with Gasteiger partial charge >= 0.3 is 0 Å². The van der Waals surface area contributed by atoms with Gasteiger partial charge in [-0.15, -0.1) is 0 Å². The molecule has 2 N–H and O–H groups in total. The molecule has 1 unspecified atom stereocenters. The Labute approximate surface area is 218 Å². The highest BCUT2D eigenvalue weighted by molar-refractivity contribution is 7.78. The number of benzene rings is 2. The Bertz CT molecular complexity index is 1080. The second kappa shape index (κ2) is 12.1. The van der Waals surface area contributed by atoms with Gasteiger partial charge in [0.25, 0.3) is 5.91 Å². The summed E-state index contributed by atoms with van der Waals surface area (Å²) in [6, 6.07) is 9.41. The molecule has 35 heavy (non-hydrogen) atoms. The number of piperazine rings is 1. The summed E-state index contributed by atoms with van der Waals surface area (Å²) in [5.41, 5.74) is 8.51. The van der Waals surface area contributed by atoms with E-state index < -0.39 is 22.8 Å². The average Bonchev–Trinajstić information content (AvgIpc) is 3.57. The molecule has 0 aromatic heterocycles. The van der Waals surface area contributed by atoms with E-state index in [4.69, 9.17) is 37.7 Å². The fraction of sp³-hybridized carbons (Fsp3) is 0.480. The highest BCUT2D eigenvalue weighted by Crippen LogP contribution is 2.43. The minimum Gasteiger partial charge on any atom is -0.773 e. The molecule has 1 saturated carbocycles. The molecule has 1 saturated heterocycles. The number of halogens is 3. The molecule has 1 heterocycles. The van der Waals surface area contributed by atoms with E-state index in [1.807, 2.05) is 12.1 Å². The van der Waals surface area contributed by atoms with Crippen LogP contribution in [-0.2, 0) is 17.6 Å². The van der Waals surface area contributed by atoms with Gasteiger partial charge in [-0.05, 0) is 85.9 Å². The van der Waals surface area contributed by atoms with Crippen LogP contribution in [0.4, 0.5) is 4.39 Å². The number of nitrogens with zero attached hydrogens (tertiary/aromatic N) is 2. The zero-order valence-corrected chi connectivity index (χ0v) is 22.4. The summed E-state index contributed by atoms with van der Waals surface area (Å²) < 4.78 is 32.5. The van der Waals surface area contributed by atoms with E-state index in [9.17, 15) is 9.18 Å². The van der Waals surface area contributed by atoms with Crippen molar-refractivity contribution in [2.75, 3.05) is 25.9 Å². The van der Waals surface area contributed by atoms with Crippen LogP contribution < -0.4 is 5.73 Å². The first-order valence-electron chi connectivity index (χ1n) is 11.5. The van der Waals surface area contributed by atoms with Crippen LogP contribution in [0, 0.1) is 5.82 Å². The Balaban J connectivity index is 0.000000795. The number of primary amides is 1. The monoisotopic (exact) mass is 542 g/mol. The Morgan fingerprint density at radius 2 is 1.80 bits per heavy atom. The van der Waals surface area contributed by atoms with E-state index >= 15 is 0 Å². The van der Waals surface area contributed by atoms with Crippen molar-refractivity contribution in [1.29, 1.82) is 0 Å². The summed E-state index contributed by atoms with van der Waals surface area (Å²) >= 11 is 10.5. The quantitative estimate of drug-likeness (QED) is 0.525. The predicted molar refractivity (Wildman–Crippen MR) is 138 cm³/mol. The lowest BCUT2D eigenvalue weighted by atomic mass is 9.98. The third-order valence-corrected chi connectivity index (χ3v) is 6.97. The molecule has 2 aromatic rings. The third kappa shape index (κ3) is 7.71. The number of carbonyl (C=O) groups excluding carboxylic acids is 1. The van der Waals surface area contributed by atoms with E-state index in [-0.39, 0.29) is 11.6 Å². The molecule has 3 atom stereocenters. The van der Waals surface area contributed by atoms with Crippen LogP contribution in [-0.4, -0.2) is 56.4 Å². The molecule has 0 bridgehead atoms. The predicted octanol–water partition coefficient (Wildman–Crippen LogP) is 4.87. The van der Waals surface area contributed by atoms with Crippen molar-refractivity contribution in [2.24, 2.45) is 5.73 Å². The number of hydrogen-bond acceptors (Lipinski definition) is 5. The Kier molecular flexibility index (Phi) is 9.71. The lowest BCUT2D eigenvalue weighted by Gasteiger charge is -2.43. The van der Waals surface area contributed by atoms with E-state index in [0.717, 1.165) is 55.4 Å². The van der Waals surface area contributed by atoms with Crippen LogP contribution in [0.1, 0.15) is 65.7 Å². The Hall–Kier alpha value is -1.55. The van der Waals surface area contributed by atoms with Gasteiger partial charge in [0.2, 0.25) is 0 Å². The summed E-state index contributed by atoms with van der Waals surface area (Å²) in [5, 5.41) is 1.30. The topological polar surface area (TPSA) is 89.7 Å². The maximum Gasteiger partial charge on any atom is 0.251 e. The molecule has 4 rings (SSSR count). The van der Waals surface area contributed by atoms with Crippen molar-refractivity contribution in [3.05, 3.63) is 68.4 Å². The average molecular weight is 544 g/mol. The normalized spacial score (nSPS) is 20.6. The third-order valence-electron chi connectivity index (χ3n) is 6.53. The SMILES string of the molecule is CS(=O)[O-].C[C@@H]1CN(Cc2cc(F)c(C(N)=O)cc2C2CC2)CCN1[C@H](C)c1cc(Cl)cc(Cl)c1. The van der Waals surface area contributed by atoms with Crippen molar-refractivity contribution in [2.45, 2.75) is 51.2 Å². The van der Waals surface area contributed by atoms with Crippen LogP contribution >= 0.6 is 23.2 Å². The van der Waals surface area contributed by atoms with Crippen molar-refractivity contribution in [1.82, 2.24) is 9.80 Å². The number of rotatable bonds is 6. The van der Waals surface area contributed by atoms with Gasteiger partial charge in [-0.3, -0.25) is 18.8 Å². The minimum absolute atomic E-state index is 0.00200. The summed E-state index contributed by atoms with van der Waals surface area (Å²) in [5.74, 6) is -0.812. The van der Waals surface area contributed by atoms with Crippen LogP contribution in [0.3, 0.4) is 0 Å². The van der Waals surface area contributed by atoms with Crippen LogP contribution in [0.2, 0.25) is 10.0 Å². The van der Waals surface area contributed by atoms with Gasteiger partial charge < -0.3 is 10.3 Å². The second-order valence-electron chi connectivity index (χ2n) is 9.27. The van der Waals surface area contributed by atoms with Gasteiger partial charge in [-0.2, -0.15) is 0 Å². The first-order chi connectivity index (χ1) is 16.5. The van der Waals surface area contributed by atoms with Gasteiger partial charge in [-0.25, -0.2) is 4.39 Å². The number of amides is 1. The zero-order valence-electron chi connectivity index (χ0n) is 20.1. The molecule has 192 valence electrons.